The monoisotopic (exact) mass is 579 g/mol. The molecule has 0 radical (unpaired) electrons. The number of nitrogens with zero attached hydrogens (tertiary/aromatic N) is 4. The highest BCUT2D eigenvalue weighted by Gasteiger charge is 2.42. The van der Waals surface area contributed by atoms with Gasteiger partial charge in [0.2, 0.25) is 0 Å². The van der Waals surface area contributed by atoms with Gasteiger partial charge in [0, 0.05) is 29.9 Å². The van der Waals surface area contributed by atoms with E-state index in [0.29, 0.717) is 27.9 Å². The molecular weight excluding hydrogens is 558 g/mol. The summed E-state index contributed by atoms with van der Waals surface area (Å²) in [4.78, 5) is 17.1. The molecule has 0 spiro atoms. The van der Waals surface area contributed by atoms with Crippen molar-refractivity contribution in [1.82, 2.24) is 19.3 Å². The molecule has 0 amide bonds. The largest absolute Gasteiger partial charge is 0.333 e. The molecule has 204 valence electrons. The second-order valence-electron chi connectivity index (χ2n) is 9.59. The van der Waals surface area contributed by atoms with Gasteiger partial charge >= 0.3 is 6.55 Å². The zero-order valence-corrected chi connectivity index (χ0v) is 22.5. The summed E-state index contributed by atoms with van der Waals surface area (Å²) in [7, 11) is -3.44. The third-order valence-electron chi connectivity index (χ3n) is 6.84. The Bertz CT molecular complexity index is 1800. The van der Waals surface area contributed by atoms with E-state index in [1.807, 2.05) is 0 Å². The van der Waals surface area contributed by atoms with Crippen LogP contribution < -0.4 is 5.56 Å². The van der Waals surface area contributed by atoms with E-state index < -0.39 is 39.2 Å². The zero-order chi connectivity index (χ0) is 28.4. The summed E-state index contributed by atoms with van der Waals surface area (Å²) in [6, 6.07) is 5.45. The van der Waals surface area contributed by atoms with Gasteiger partial charge in [0.1, 0.15) is 16.5 Å². The fraction of sp³-hybridized carbons (Fsp3) is 0.269. The Kier molecular flexibility index (Phi) is 6.66. The molecule has 3 heterocycles. The number of halogens is 5. The average molecular weight is 580 g/mol. The maximum absolute atomic E-state index is 16.0. The van der Waals surface area contributed by atoms with Crippen LogP contribution in [0.4, 0.5) is 17.6 Å². The molecule has 0 unspecified atom stereocenters. The first-order valence-corrected chi connectivity index (χ1v) is 14.1. The van der Waals surface area contributed by atoms with E-state index in [2.05, 4.69) is 10.1 Å². The maximum atomic E-state index is 16.0. The number of benzene rings is 1. The highest BCUT2D eigenvalue weighted by Crippen LogP contribution is 2.56. The van der Waals surface area contributed by atoms with E-state index in [4.69, 9.17) is 16.4 Å². The molecule has 3 atom stereocenters. The summed E-state index contributed by atoms with van der Waals surface area (Å²) >= 11 is 6.50. The van der Waals surface area contributed by atoms with Crippen LogP contribution in [0.2, 0.25) is 5.02 Å². The predicted molar refractivity (Wildman–Crippen MR) is 138 cm³/mol. The number of hydrogen-bond donors (Lipinski definition) is 1. The third-order valence-corrected chi connectivity index (χ3v) is 8.37. The summed E-state index contributed by atoms with van der Waals surface area (Å²) in [5, 5.41) is 3.52. The van der Waals surface area contributed by atoms with E-state index in [-0.39, 0.29) is 38.6 Å². The lowest BCUT2D eigenvalue weighted by Gasteiger charge is -2.18. The molecular formula is C26H22ClF4N5O2S. The van der Waals surface area contributed by atoms with Gasteiger partial charge in [-0.05, 0) is 67.0 Å². The van der Waals surface area contributed by atoms with Crippen molar-refractivity contribution < 1.29 is 21.8 Å². The van der Waals surface area contributed by atoms with E-state index >= 15 is 8.78 Å². The second-order valence-corrected chi connectivity index (χ2v) is 12.1. The molecule has 39 heavy (non-hydrogen) atoms. The molecule has 4 aromatic rings. The molecule has 13 heteroatoms. The molecule has 0 saturated heterocycles. The fourth-order valence-electron chi connectivity index (χ4n) is 4.86. The van der Waals surface area contributed by atoms with Gasteiger partial charge in [-0.3, -0.25) is 14.3 Å². The first-order chi connectivity index (χ1) is 18.3. The lowest BCUT2D eigenvalue weighted by molar-refractivity contribution is 0.0565. The van der Waals surface area contributed by atoms with Crippen LogP contribution in [0.25, 0.3) is 16.9 Å². The number of aryl methyl sites for hydroxylation is 2. The van der Waals surface area contributed by atoms with Gasteiger partial charge in [-0.2, -0.15) is 13.9 Å². The summed E-state index contributed by atoms with van der Waals surface area (Å²) in [6.07, 6.45) is 5.55. The Morgan fingerprint density at radius 1 is 1.15 bits per heavy atom. The van der Waals surface area contributed by atoms with Crippen LogP contribution in [-0.2, 0) is 9.73 Å². The zero-order valence-electron chi connectivity index (χ0n) is 20.9. The molecule has 1 N–H and O–H groups in total. The number of alkyl halides is 2. The van der Waals surface area contributed by atoms with E-state index in [0.717, 1.165) is 10.8 Å². The van der Waals surface area contributed by atoms with Crippen LogP contribution >= 0.6 is 11.6 Å². The Morgan fingerprint density at radius 2 is 1.87 bits per heavy atom. The number of pyridine rings is 2. The molecule has 1 fully saturated rings. The Morgan fingerprint density at radius 3 is 2.51 bits per heavy atom. The average Bonchev–Trinajstić information content (AvgIpc) is 3.49. The highest BCUT2D eigenvalue weighted by atomic mass is 35.5. The molecule has 1 saturated carbocycles. The highest BCUT2D eigenvalue weighted by molar-refractivity contribution is 7.91. The van der Waals surface area contributed by atoms with E-state index in [1.54, 1.807) is 13.0 Å². The standard InChI is InChI=1S/C26H22ClF4N5O2S/c1-12-9-33-23(15-5-4-6-19(21(15)28)39(3,32)38)22(29)24(12)36-13(2)7-18(20(27)25(36)37)17-8-16(17)14-10-34-35(11-14)26(30)31/h4-7,9-11,16-17,26,32H,8H2,1-3H3/t16-,17+,39+/m1/s1. The van der Waals surface area contributed by atoms with Crippen LogP contribution in [0.5, 0.6) is 0 Å². The van der Waals surface area contributed by atoms with E-state index in [1.165, 1.54) is 43.7 Å². The van der Waals surface area contributed by atoms with Crippen LogP contribution in [0, 0.1) is 30.3 Å². The lowest BCUT2D eigenvalue weighted by Crippen LogP contribution is -2.24. The number of aromatic nitrogens is 4. The van der Waals surface area contributed by atoms with E-state index in [9.17, 15) is 17.8 Å². The minimum atomic E-state index is -3.44. The van der Waals surface area contributed by atoms with Crippen molar-refractivity contribution in [1.29, 1.82) is 4.78 Å². The SMILES string of the molecule is Cc1cnc(-c2cccc([S@@](C)(=N)=O)c2F)c(F)c1-n1c(C)cc([C@H]2C[C@@H]2c2cnn(C(F)F)c2)c(Cl)c1=O. The smallest absolute Gasteiger partial charge is 0.277 e. The molecule has 0 bridgehead atoms. The Labute approximate surface area is 226 Å². The molecule has 5 rings (SSSR count). The number of hydrogen-bond acceptors (Lipinski definition) is 5. The van der Waals surface area contributed by atoms with Gasteiger partial charge < -0.3 is 0 Å². The van der Waals surface area contributed by atoms with Crippen molar-refractivity contribution in [3.8, 4) is 16.9 Å². The molecule has 1 aliphatic carbocycles. The van der Waals surface area contributed by atoms with Gasteiger partial charge in [-0.15, -0.1) is 0 Å². The van der Waals surface area contributed by atoms with Gasteiger partial charge in [0.05, 0.1) is 26.5 Å². The molecule has 3 aromatic heterocycles. The third kappa shape index (κ3) is 4.65. The number of nitrogens with one attached hydrogen (secondary N) is 1. The van der Waals surface area contributed by atoms with Gasteiger partial charge in [-0.25, -0.2) is 22.5 Å². The molecule has 0 aliphatic heterocycles. The van der Waals surface area contributed by atoms with Crippen molar-refractivity contribution in [2.45, 2.75) is 43.5 Å². The van der Waals surface area contributed by atoms with Gasteiger partial charge in [-0.1, -0.05) is 17.7 Å². The van der Waals surface area contributed by atoms with Crippen molar-refractivity contribution >= 4 is 21.3 Å². The first-order valence-electron chi connectivity index (χ1n) is 11.7. The second kappa shape index (κ2) is 9.60. The minimum absolute atomic E-state index is 0.139. The predicted octanol–water partition coefficient (Wildman–Crippen LogP) is 6.35. The Hall–Kier alpha value is -3.51. The van der Waals surface area contributed by atoms with Crippen LogP contribution in [0.15, 0.2) is 52.5 Å². The fourth-order valence-corrected chi connectivity index (χ4v) is 5.93. The topological polar surface area (TPSA) is 93.6 Å². The van der Waals surface area contributed by atoms with Crippen LogP contribution in [0.1, 0.15) is 47.2 Å². The summed E-state index contributed by atoms with van der Waals surface area (Å²) in [5.41, 5.74) is 0.173. The first kappa shape index (κ1) is 27.1. The lowest BCUT2D eigenvalue weighted by atomic mass is 10.0. The molecule has 7 nitrogen and oxygen atoms in total. The molecule has 1 aliphatic rings. The van der Waals surface area contributed by atoms with Crippen molar-refractivity contribution in [3.63, 3.8) is 0 Å². The summed E-state index contributed by atoms with van der Waals surface area (Å²) in [6.45, 7) is 0.374. The van der Waals surface area contributed by atoms with Crippen LogP contribution in [0.3, 0.4) is 0 Å². The Balaban J connectivity index is 1.59. The van der Waals surface area contributed by atoms with Gasteiger partial charge in [0.15, 0.2) is 5.82 Å². The summed E-state index contributed by atoms with van der Waals surface area (Å²) < 4.78 is 78.6. The van der Waals surface area contributed by atoms with Crippen molar-refractivity contribution in [2.75, 3.05) is 6.26 Å². The summed E-state index contributed by atoms with van der Waals surface area (Å²) in [5.74, 6) is -2.36. The molecule has 1 aromatic carbocycles. The maximum Gasteiger partial charge on any atom is 0.333 e. The normalized spacial score (nSPS) is 18.4. The van der Waals surface area contributed by atoms with Crippen LogP contribution in [-0.4, -0.2) is 29.8 Å². The van der Waals surface area contributed by atoms with Crippen molar-refractivity contribution in [3.05, 3.63) is 92.3 Å². The quantitative estimate of drug-likeness (QED) is 0.270. The number of rotatable bonds is 6. The minimum Gasteiger partial charge on any atom is -0.277 e. The van der Waals surface area contributed by atoms with Gasteiger partial charge in [0.25, 0.3) is 5.56 Å². The van der Waals surface area contributed by atoms with Crippen molar-refractivity contribution in [2.24, 2.45) is 0 Å².